The molecular formula is C16H18ClF. The third-order valence-corrected chi connectivity index (χ3v) is 2.89. The van der Waals surface area contributed by atoms with Crippen molar-refractivity contribution in [3.63, 3.8) is 0 Å². The van der Waals surface area contributed by atoms with Crippen LogP contribution in [0.1, 0.15) is 44.6 Å². The number of halogens is 2. The predicted octanol–water partition coefficient (Wildman–Crippen LogP) is 5.62. The molecule has 0 bridgehead atoms. The molecule has 0 saturated carbocycles. The van der Waals surface area contributed by atoms with Gasteiger partial charge in [0.2, 0.25) is 0 Å². The summed E-state index contributed by atoms with van der Waals surface area (Å²) < 4.78 is 13.5. The molecule has 0 atom stereocenters. The first-order valence-electron chi connectivity index (χ1n) is 6.34. The van der Waals surface area contributed by atoms with Crippen molar-refractivity contribution in [3.8, 4) is 11.8 Å². The molecule has 0 saturated heterocycles. The third-order valence-electron chi connectivity index (χ3n) is 2.55. The minimum absolute atomic E-state index is 0.432. The molecule has 0 spiro atoms. The number of hydrogen-bond donors (Lipinski definition) is 0. The van der Waals surface area contributed by atoms with E-state index < -0.39 is 5.83 Å². The lowest BCUT2D eigenvalue weighted by molar-refractivity contribution is 0.674. The second kappa shape index (κ2) is 8.78. The third kappa shape index (κ3) is 5.89. The highest BCUT2D eigenvalue weighted by Crippen LogP contribution is 2.18. The lowest BCUT2D eigenvalue weighted by Gasteiger charge is -1.95. The maximum absolute atomic E-state index is 13.5. The van der Waals surface area contributed by atoms with Crippen molar-refractivity contribution in [1.29, 1.82) is 0 Å². The number of allylic oxidation sites excluding steroid dienone is 1. The molecule has 1 aromatic rings. The Kier molecular flexibility index (Phi) is 7.22. The van der Waals surface area contributed by atoms with Crippen LogP contribution in [-0.2, 0) is 0 Å². The summed E-state index contributed by atoms with van der Waals surface area (Å²) in [4.78, 5) is 0. The van der Waals surface area contributed by atoms with Gasteiger partial charge in [-0.25, -0.2) is 0 Å². The molecule has 0 aromatic heterocycles. The molecule has 96 valence electrons. The van der Waals surface area contributed by atoms with Gasteiger partial charge in [0.15, 0.2) is 5.83 Å². The fourth-order valence-electron chi connectivity index (χ4n) is 1.55. The largest absolute Gasteiger partial charge is 0.197 e. The van der Waals surface area contributed by atoms with E-state index in [2.05, 4.69) is 18.8 Å². The smallest absolute Gasteiger partial charge is 0.173 e. The second-order valence-electron chi connectivity index (χ2n) is 4.13. The molecule has 0 aliphatic rings. The Morgan fingerprint density at radius 2 is 2.06 bits per heavy atom. The SMILES string of the molecule is CCCCCCC#C/C(F)=C\c1ccccc1Cl. The Morgan fingerprint density at radius 1 is 1.28 bits per heavy atom. The quantitative estimate of drug-likeness (QED) is 0.478. The first-order chi connectivity index (χ1) is 8.74. The van der Waals surface area contributed by atoms with Crippen LogP contribution >= 0.6 is 11.6 Å². The molecule has 18 heavy (non-hydrogen) atoms. The zero-order valence-corrected chi connectivity index (χ0v) is 11.4. The molecule has 0 N–H and O–H groups in total. The van der Waals surface area contributed by atoms with E-state index in [1.807, 2.05) is 12.1 Å². The standard InChI is InChI=1S/C16H18ClF/c1-2-3-4-5-6-7-11-15(18)13-14-10-8-9-12-16(14)17/h8-10,12-13H,2-6H2,1H3/b15-13+. The van der Waals surface area contributed by atoms with Crippen LogP contribution in [0.3, 0.4) is 0 Å². The van der Waals surface area contributed by atoms with Crippen LogP contribution in [0.2, 0.25) is 5.02 Å². The highest BCUT2D eigenvalue weighted by molar-refractivity contribution is 6.32. The van der Waals surface area contributed by atoms with Crippen molar-refractivity contribution in [1.82, 2.24) is 0 Å². The fourth-order valence-corrected chi connectivity index (χ4v) is 1.74. The van der Waals surface area contributed by atoms with E-state index in [1.54, 1.807) is 12.1 Å². The lowest BCUT2D eigenvalue weighted by atomic mass is 10.1. The van der Waals surface area contributed by atoms with Crippen LogP contribution in [0.5, 0.6) is 0 Å². The van der Waals surface area contributed by atoms with Gasteiger partial charge in [-0.1, -0.05) is 61.9 Å². The summed E-state index contributed by atoms with van der Waals surface area (Å²) in [7, 11) is 0. The van der Waals surface area contributed by atoms with Crippen LogP contribution in [-0.4, -0.2) is 0 Å². The molecule has 0 unspecified atom stereocenters. The topological polar surface area (TPSA) is 0 Å². The van der Waals surface area contributed by atoms with E-state index in [0.29, 0.717) is 10.6 Å². The molecule has 1 rings (SSSR count). The zero-order chi connectivity index (χ0) is 13.2. The summed E-state index contributed by atoms with van der Waals surface area (Å²) in [5.74, 6) is 4.94. The summed E-state index contributed by atoms with van der Waals surface area (Å²) in [5, 5.41) is 0.539. The van der Waals surface area contributed by atoms with E-state index in [0.717, 1.165) is 12.8 Å². The van der Waals surface area contributed by atoms with Crippen molar-refractivity contribution < 1.29 is 4.39 Å². The Hall–Kier alpha value is -1.26. The van der Waals surface area contributed by atoms with Crippen LogP contribution in [0.15, 0.2) is 30.1 Å². The number of hydrogen-bond acceptors (Lipinski definition) is 0. The number of unbranched alkanes of at least 4 members (excludes halogenated alkanes) is 4. The molecule has 1 aromatic carbocycles. The van der Waals surface area contributed by atoms with E-state index in [-0.39, 0.29) is 0 Å². The molecule has 0 radical (unpaired) electrons. The highest BCUT2D eigenvalue weighted by atomic mass is 35.5. The van der Waals surface area contributed by atoms with Crippen LogP contribution in [0.4, 0.5) is 4.39 Å². The zero-order valence-electron chi connectivity index (χ0n) is 10.7. The first kappa shape index (κ1) is 14.8. The summed E-state index contributed by atoms with van der Waals surface area (Å²) in [5.41, 5.74) is 0.664. The maximum atomic E-state index is 13.5. The van der Waals surface area contributed by atoms with Crippen molar-refractivity contribution in [2.24, 2.45) is 0 Å². The second-order valence-corrected chi connectivity index (χ2v) is 4.53. The number of rotatable bonds is 5. The van der Waals surface area contributed by atoms with Gasteiger partial charge in [0.05, 0.1) is 0 Å². The van der Waals surface area contributed by atoms with Gasteiger partial charge in [-0.15, -0.1) is 0 Å². The first-order valence-corrected chi connectivity index (χ1v) is 6.72. The Balaban J connectivity index is 2.48. The minimum atomic E-state index is -0.432. The van der Waals surface area contributed by atoms with Gasteiger partial charge >= 0.3 is 0 Å². The van der Waals surface area contributed by atoms with Crippen molar-refractivity contribution in [2.45, 2.75) is 39.0 Å². The molecule has 0 nitrogen and oxygen atoms in total. The van der Waals surface area contributed by atoms with Crippen LogP contribution < -0.4 is 0 Å². The summed E-state index contributed by atoms with van der Waals surface area (Å²) >= 11 is 5.93. The average molecular weight is 265 g/mol. The summed E-state index contributed by atoms with van der Waals surface area (Å²) in [6, 6.07) is 7.14. The van der Waals surface area contributed by atoms with E-state index in [9.17, 15) is 4.39 Å². The van der Waals surface area contributed by atoms with Gasteiger partial charge in [-0.05, 0) is 30.0 Å². The van der Waals surface area contributed by atoms with E-state index >= 15 is 0 Å². The molecule has 0 amide bonds. The molecular weight excluding hydrogens is 247 g/mol. The summed E-state index contributed by atoms with van der Waals surface area (Å²) in [6.45, 7) is 2.16. The Bertz CT molecular complexity index is 452. The van der Waals surface area contributed by atoms with Crippen molar-refractivity contribution in [3.05, 3.63) is 40.7 Å². The van der Waals surface area contributed by atoms with E-state index in [1.165, 1.54) is 25.3 Å². The highest BCUT2D eigenvalue weighted by Gasteiger charge is 1.96. The van der Waals surface area contributed by atoms with Crippen LogP contribution in [0, 0.1) is 11.8 Å². The molecule has 2 heteroatoms. The van der Waals surface area contributed by atoms with Gasteiger partial charge in [-0.2, -0.15) is 4.39 Å². The monoisotopic (exact) mass is 264 g/mol. The van der Waals surface area contributed by atoms with Gasteiger partial charge in [0.25, 0.3) is 0 Å². The van der Waals surface area contributed by atoms with Crippen molar-refractivity contribution in [2.75, 3.05) is 0 Å². The average Bonchev–Trinajstić information content (AvgIpc) is 2.36. The lowest BCUT2D eigenvalue weighted by Crippen LogP contribution is -1.76. The van der Waals surface area contributed by atoms with Crippen molar-refractivity contribution >= 4 is 17.7 Å². The molecule has 0 heterocycles. The fraction of sp³-hybridized carbons (Fsp3) is 0.375. The maximum Gasteiger partial charge on any atom is 0.173 e. The van der Waals surface area contributed by atoms with Crippen LogP contribution in [0.25, 0.3) is 6.08 Å². The molecule has 0 aliphatic carbocycles. The number of benzene rings is 1. The Morgan fingerprint density at radius 3 is 2.78 bits per heavy atom. The summed E-state index contributed by atoms with van der Waals surface area (Å²) in [6.07, 6.45) is 6.76. The van der Waals surface area contributed by atoms with Gasteiger partial charge in [0.1, 0.15) is 0 Å². The molecule has 0 aliphatic heterocycles. The molecule has 0 fully saturated rings. The van der Waals surface area contributed by atoms with Gasteiger partial charge in [0, 0.05) is 11.4 Å². The normalized spacial score (nSPS) is 10.9. The predicted molar refractivity (Wildman–Crippen MR) is 77.1 cm³/mol. The van der Waals surface area contributed by atoms with Gasteiger partial charge in [-0.3, -0.25) is 0 Å². The minimum Gasteiger partial charge on any atom is -0.197 e. The Labute approximate surface area is 114 Å². The van der Waals surface area contributed by atoms with Gasteiger partial charge < -0.3 is 0 Å². The van der Waals surface area contributed by atoms with E-state index in [4.69, 9.17) is 11.6 Å².